The third-order valence-corrected chi connectivity index (χ3v) is 4.22. The minimum Gasteiger partial charge on any atom is -0.308 e. The fourth-order valence-corrected chi connectivity index (χ4v) is 2.80. The zero-order valence-electron chi connectivity index (χ0n) is 13.7. The van der Waals surface area contributed by atoms with Crippen LogP contribution in [0.3, 0.4) is 0 Å². The van der Waals surface area contributed by atoms with E-state index in [4.69, 9.17) is 0 Å². The molecule has 0 saturated heterocycles. The molecular weight excluding hydrogens is 317 g/mol. The van der Waals surface area contributed by atoms with Crippen molar-refractivity contribution in [2.75, 3.05) is 0 Å². The van der Waals surface area contributed by atoms with Gasteiger partial charge in [0.25, 0.3) is 5.56 Å². The molecule has 0 aliphatic rings. The van der Waals surface area contributed by atoms with Gasteiger partial charge in [-0.2, -0.15) is 5.10 Å². The Morgan fingerprint density at radius 1 is 1.00 bits per heavy atom. The van der Waals surface area contributed by atoms with Crippen LogP contribution in [-0.2, 0) is 6.54 Å². The molecule has 4 nitrogen and oxygen atoms in total. The molecule has 0 bridgehead atoms. The number of hydrogen-bond donors (Lipinski definition) is 0. The van der Waals surface area contributed by atoms with Crippen molar-refractivity contribution in [2.24, 2.45) is 0 Å². The van der Waals surface area contributed by atoms with Crippen LogP contribution in [-0.4, -0.2) is 14.2 Å². The second-order valence-corrected chi connectivity index (χ2v) is 6.08. The fraction of sp³-hybridized carbons (Fsp3) is 0.100. The Balaban J connectivity index is 1.73. The molecule has 4 rings (SSSR count). The number of rotatable bonds is 3. The van der Waals surface area contributed by atoms with Crippen molar-refractivity contribution in [1.82, 2.24) is 14.2 Å². The number of nitrogens with zero attached hydrogens (tertiary/aromatic N) is 3. The first-order valence-electron chi connectivity index (χ1n) is 8.00. The molecule has 4 aromatic rings. The lowest BCUT2D eigenvalue weighted by atomic mass is 10.1. The first-order valence-corrected chi connectivity index (χ1v) is 8.00. The molecule has 0 aliphatic carbocycles. The lowest BCUT2D eigenvalue weighted by molar-refractivity contribution is 0.628. The predicted molar refractivity (Wildman–Crippen MR) is 95.1 cm³/mol. The zero-order chi connectivity index (χ0) is 17.4. The van der Waals surface area contributed by atoms with Crippen LogP contribution in [0.4, 0.5) is 4.39 Å². The Morgan fingerprint density at radius 3 is 2.44 bits per heavy atom. The topological polar surface area (TPSA) is 39.3 Å². The quantitative estimate of drug-likeness (QED) is 0.574. The Kier molecular flexibility index (Phi) is 3.69. The van der Waals surface area contributed by atoms with Crippen LogP contribution in [0.1, 0.15) is 11.1 Å². The molecule has 2 heterocycles. The summed E-state index contributed by atoms with van der Waals surface area (Å²) in [6.07, 6.45) is 3.49. The number of halogens is 1. The maximum atomic E-state index is 13.1. The van der Waals surface area contributed by atoms with Gasteiger partial charge in [0.2, 0.25) is 0 Å². The normalized spacial score (nSPS) is 11.1. The first-order chi connectivity index (χ1) is 12.1. The Bertz CT molecular complexity index is 1090. The summed E-state index contributed by atoms with van der Waals surface area (Å²) in [4.78, 5) is 12.7. The second kappa shape index (κ2) is 6.02. The third kappa shape index (κ3) is 2.96. The zero-order valence-corrected chi connectivity index (χ0v) is 13.7. The molecule has 0 atom stereocenters. The first kappa shape index (κ1) is 15.3. The van der Waals surface area contributed by atoms with Crippen LogP contribution in [0.2, 0.25) is 0 Å². The summed E-state index contributed by atoms with van der Waals surface area (Å²) in [6.45, 7) is 2.54. The number of fused-ring (bicyclic) bond motifs is 1. The van der Waals surface area contributed by atoms with E-state index < -0.39 is 0 Å². The van der Waals surface area contributed by atoms with E-state index in [1.54, 1.807) is 39.7 Å². The van der Waals surface area contributed by atoms with Gasteiger partial charge in [0.15, 0.2) is 0 Å². The number of aromatic nitrogens is 3. The molecule has 0 radical (unpaired) electrons. The predicted octanol–water partition coefficient (Wildman–Crippen LogP) is 3.66. The molecule has 0 unspecified atom stereocenters. The average Bonchev–Trinajstić information content (AvgIpc) is 3.05. The van der Waals surface area contributed by atoms with Crippen molar-refractivity contribution < 1.29 is 4.39 Å². The number of hydrogen-bond acceptors (Lipinski definition) is 2. The Morgan fingerprint density at radius 2 is 1.72 bits per heavy atom. The molecule has 2 aromatic heterocycles. The summed E-state index contributed by atoms with van der Waals surface area (Å²) < 4.78 is 16.3. The van der Waals surface area contributed by atoms with Crippen LogP contribution < -0.4 is 5.56 Å². The van der Waals surface area contributed by atoms with E-state index in [2.05, 4.69) is 5.10 Å². The highest BCUT2D eigenvalue weighted by Crippen LogP contribution is 2.18. The number of aryl methyl sites for hydroxylation is 1. The SMILES string of the molecule is Cc1ccc(Cn2ccn3nc(-c4ccc(F)cc4)cc3c2=O)cc1. The second-order valence-electron chi connectivity index (χ2n) is 6.08. The Labute approximate surface area is 143 Å². The molecule has 0 saturated carbocycles. The van der Waals surface area contributed by atoms with Crippen molar-refractivity contribution in [3.8, 4) is 11.3 Å². The van der Waals surface area contributed by atoms with Crippen LogP contribution >= 0.6 is 0 Å². The van der Waals surface area contributed by atoms with E-state index >= 15 is 0 Å². The van der Waals surface area contributed by atoms with E-state index in [-0.39, 0.29) is 11.4 Å². The van der Waals surface area contributed by atoms with E-state index in [1.165, 1.54) is 17.7 Å². The third-order valence-electron chi connectivity index (χ3n) is 4.22. The van der Waals surface area contributed by atoms with Gasteiger partial charge in [-0.3, -0.25) is 4.79 Å². The average molecular weight is 333 g/mol. The maximum absolute atomic E-state index is 13.1. The van der Waals surface area contributed by atoms with Crippen LogP contribution in [0.15, 0.2) is 71.8 Å². The van der Waals surface area contributed by atoms with E-state index in [0.29, 0.717) is 17.8 Å². The van der Waals surface area contributed by atoms with E-state index in [0.717, 1.165) is 11.1 Å². The Hall–Kier alpha value is -3.21. The van der Waals surface area contributed by atoms with Crippen LogP contribution in [0.5, 0.6) is 0 Å². The summed E-state index contributed by atoms with van der Waals surface area (Å²) in [6, 6.07) is 15.9. The van der Waals surface area contributed by atoms with Crippen molar-refractivity contribution in [3.05, 3.63) is 94.3 Å². The minimum atomic E-state index is -0.298. The standard InChI is InChI=1S/C20H16FN3O/c1-14-2-4-15(5-3-14)13-23-10-11-24-19(20(23)25)12-18(22-24)16-6-8-17(21)9-7-16/h2-12H,13H2,1H3. The molecule has 0 fully saturated rings. The van der Waals surface area contributed by atoms with Gasteiger partial charge in [-0.15, -0.1) is 0 Å². The summed E-state index contributed by atoms with van der Waals surface area (Å²) in [5.74, 6) is -0.298. The van der Waals surface area contributed by atoms with Gasteiger partial charge in [-0.05, 0) is 42.8 Å². The van der Waals surface area contributed by atoms with Crippen molar-refractivity contribution in [1.29, 1.82) is 0 Å². The van der Waals surface area contributed by atoms with Gasteiger partial charge in [0, 0.05) is 18.0 Å². The summed E-state index contributed by atoms with van der Waals surface area (Å²) in [5.41, 5.74) is 4.05. The van der Waals surface area contributed by atoms with Crippen molar-refractivity contribution in [2.45, 2.75) is 13.5 Å². The molecular formula is C20H16FN3O. The van der Waals surface area contributed by atoms with E-state index in [9.17, 15) is 9.18 Å². The fourth-order valence-electron chi connectivity index (χ4n) is 2.80. The minimum absolute atomic E-state index is 0.107. The highest BCUT2D eigenvalue weighted by molar-refractivity contribution is 5.65. The monoisotopic (exact) mass is 333 g/mol. The van der Waals surface area contributed by atoms with Gasteiger partial charge in [0.1, 0.15) is 11.3 Å². The lowest BCUT2D eigenvalue weighted by Crippen LogP contribution is -2.21. The van der Waals surface area contributed by atoms with Crippen LogP contribution in [0, 0.1) is 12.7 Å². The summed E-state index contributed by atoms with van der Waals surface area (Å²) in [7, 11) is 0. The summed E-state index contributed by atoms with van der Waals surface area (Å²) >= 11 is 0. The van der Waals surface area contributed by atoms with Gasteiger partial charge >= 0.3 is 0 Å². The summed E-state index contributed by atoms with van der Waals surface area (Å²) in [5, 5.41) is 4.41. The molecule has 0 amide bonds. The maximum Gasteiger partial charge on any atom is 0.276 e. The molecule has 0 spiro atoms. The number of benzene rings is 2. The van der Waals surface area contributed by atoms with Gasteiger partial charge in [-0.25, -0.2) is 8.91 Å². The lowest BCUT2D eigenvalue weighted by Gasteiger charge is -2.06. The van der Waals surface area contributed by atoms with E-state index in [1.807, 2.05) is 31.2 Å². The van der Waals surface area contributed by atoms with Crippen LogP contribution in [0.25, 0.3) is 16.8 Å². The molecule has 5 heteroatoms. The molecule has 0 aliphatic heterocycles. The van der Waals surface area contributed by atoms with Crippen molar-refractivity contribution >= 4 is 5.52 Å². The largest absolute Gasteiger partial charge is 0.308 e. The molecule has 2 aromatic carbocycles. The van der Waals surface area contributed by atoms with Gasteiger partial charge in [-0.1, -0.05) is 29.8 Å². The van der Waals surface area contributed by atoms with Gasteiger partial charge < -0.3 is 4.57 Å². The van der Waals surface area contributed by atoms with Crippen molar-refractivity contribution in [3.63, 3.8) is 0 Å². The smallest absolute Gasteiger partial charge is 0.276 e. The van der Waals surface area contributed by atoms with Gasteiger partial charge in [0.05, 0.1) is 12.2 Å². The molecule has 25 heavy (non-hydrogen) atoms. The highest BCUT2D eigenvalue weighted by Gasteiger charge is 2.09. The molecule has 0 N–H and O–H groups in total. The molecule has 124 valence electrons. The highest BCUT2D eigenvalue weighted by atomic mass is 19.1.